The van der Waals surface area contributed by atoms with E-state index < -0.39 is 0 Å². The molecule has 2 aliphatic heterocycles. The number of thioether (sulfide) groups is 1. The van der Waals surface area contributed by atoms with Gasteiger partial charge in [-0.2, -0.15) is 0 Å². The van der Waals surface area contributed by atoms with Crippen molar-refractivity contribution in [1.82, 2.24) is 10.2 Å². The lowest BCUT2D eigenvalue weighted by Gasteiger charge is -2.33. The van der Waals surface area contributed by atoms with Crippen molar-refractivity contribution in [3.63, 3.8) is 0 Å². The first-order valence-electron chi connectivity index (χ1n) is 8.36. The Morgan fingerprint density at radius 2 is 2.23 bits per heavy atom. The molecular formula is C16H25N3O2S. The van der Waals surface area contributed by atoms with E-state index >= 15 is 0 Å². The van der Waals surface area contributed by atoms with Crippen LogP contribution < -0.4 is 5.32 Å². The molecule has 2 heterocycles. The quantitative estimate of drug-likeness (QED) is 0.864. The third-order valence-electron chi connectivity index (χ3n) is 4.96. The van der Waals surface area contributed by atoms with E-state index in [0.29, 0.717) is 5.92 Å². The average molecular weight is 323 g/mol. The Kier molecular flexibility index (Phi) is 4.76. The Hall–Kier alpha value is -1.04. The fraction of sp³-hybridized carbons (Fsp3) is 0.812. The van der Waals surface area contributed by atoms with E-state index in [1.165, 1.54) is 24.6 Å². The third kappa shape index (κ3) is 3.31. The van der Waals surface area contributed by atoms with E-state index in [4.69, 9.17) is 0 Å². The Morgan fingerprint density at radius 3 is 2.95 bits per heavy atom. The number of aliphatic imine (C=N–C) groups is 1. The standard InChI is InChI=1S/C16H25N3O2S/c1-10-4-5-12(11(2)8-10)18-14(20)9-13-15(21)19-7-3-6-17-16(19)22-13/h10-13H,3-9H2,1-2H3,(H,18,20). The molecule has 0 aromatic heterocycles. The van der Waals surface area contributed by atoms with Crippen LogP contribution in [-0.2, 0) is 9.59 Å². The maximum Gasteiger partial charge on any atom is 0.242 e. The molecule has 3 aliphatic rings. The van der Waals surface area contributed by atoms with Crippen molar-refractivity contribution in [2.45, 2.75) is 57.2 Å². The number of carbonyl (C=O) groups excluding carboxylic acids is 2. The van der Waals surface area contributed by atoms with Gasteiger partial charge in [0, 0.05) is 25.6 Å². The number of hydrogen-bond acceptors (Lipinski definition) is 4. The van der Waals surface area contributed by atoms with E-state index in [9.17, 15) is 9.59 Å². The van der Waals surface area contributed by atoms with Crippen molar-refractivity contribution in [2.24, 2.45) is 16.8 Å². The molecule has 0 aromatic carbocycles. The first-order valence-corrected chi connectivity index (χ1v) is 9.24. The minimum Gasteiger partial charge on any atom is -0.353 e. The summed E-state index contributed by atoms with van der Waals surface area (Å²) in [4.78, 5) is 30.8. The summed E-state index contributed by atoms with van der Waals surface area (Å²) in [5.41, 5.74) is 0. The number of rotatable bonds is 3. The fourth-order valence-corrected chi connectivity index (χ4v) is 4.88. The molecule has 0 radical (unpaired) electrons. The Balaban J connectivity index is 1.53. The van der Waals surface area contributed by atoms with Gasteiger partial charge in [0.05, 0.1) is 0 Å². The second kappa shape index (κ2) is 6.60. The molecule has 0 bridgehead atoms. The van der Waals surface area contributed by atoms with Gasteiger partial charge in [-0.3, -0.25) is 19.5 Å². The number of carbonyl (C=O) groups is 2. The van der Waals surface area contributed by atoms with Crippen molar-refractivity contribution < 1.29 is 9.59 Å². The monoisotopic (exact) mass is 323 g/mol. The molecule has 4 atom stereocenters. The molecule has 22 heavy (non-hydrogen) atoms. The average Bonchev–Trinajstić information content (AvgIpc) is 2.79. The maximum absolute atomic E-state index is 12.3. The van der Waals surface area contributed by atoms with Crippen LogP contribution in [0.5, 0.6) is 0 Å². The van der Waals surface area contributed by atoms with Crippen LogP contribution in [0.1, 0.15) is 46.0 Å². The highest BCUT2D eigenvalue weighted by atomic mass is 32.2. The molecule has 6 heteroatoms. The number of amidine groups is 1. The minimum absolute atomic E-state index is 0.0118. The Bertz CT molecular complexity index is 494. The molecule has 0 aromatic rings. The van der Waals surface area contributed by atoms with E-state index in [-0.39, 0.29) is 29.5 Å². The molecule has 122 valence electrons. The van der Waals surface area contributed by atoms with Gasteiger partial charge in [-0.05, 0) is 37.5 Å². The summed E-state index contributed by atoms with van der Waals surface area (Å²) in [6.45, 7) is 6.04. The zero-order valence-electron chi connectivity index (χ0n) is 13.4. The summed E-state index contributed by atoms with van der Waals surface area (Å²) in [6.07, 6.45) is 4.60. The van der Waals surface area contributed by atoms with Crippen molar-refractivity contribution in [3.05, 3.63) is 0 Å². The predicted molar refractivity (Wildman–Crippen MR) is 88.7 cm³/mol. The predicted octanol–water partition coefficient (Wildman–Crippen LogP) is 2.02. The first kappa shape index (κ1) is 15.8. The van der Waals surface area contributed by atoms with E-state index in [1.807, 2.05) is 0 Å². The second-order valence-electron chi connectivity index (χ2n) is 6.89. The van der Waals surface area contributed by atoms with Gasteiger partial charge in [-0.15, -0.1) is 0 Å². The van der Waals surface area contributed by atoms with Crippen LogP contribution >= 0.6 is 11.8 Å². The minimum atomic E-state index is -0.283. The number of nitrogens with one attached hydrogen (secondary N) is 1. The topological polar surface area (TPSA) is 61.8 Å². The van der Waals surface area contributed by atoms with Gasteiger partial charge in [-0.1, -0.05) is 25.6 Å². The highest BCUT2D eigenvalue weighted by Crippen LogP contribution is 2.32. The lowest BCUT2D eigenvalue weighted by molar-refractivity contribution is -0.129. The molecule has 1 N–H and O–H groups in total. The first-order chi connectivity index (χ1) is 10.5. The van der Waals surface area contributed by atoms with Crippen LogP contribution in [0.25, 0.3) is 0 Å². The Morgan fingerprint density at radius 1 is 1.41 bits per heavy atom. The van der Waals surface area contributed by atoms with Crippen LogP contribution in [0.2, 0.25) is 0 Å². The zero-order valence-corrected chi connectivity index (χ0v) is 14.2. The summed E-state index contributed by atoms with van der Waals surface area (Å²) < 4.78 is 0. The van der Waals surface area contributed by atoms with Crippen LogP contribution in [-0.4, -0.2) is 46.3 Å². The summed E-state index contributed by atoms with van der Waals surface area (Å²) in [5.74, 6) is 1.35. The summed E-state index contributed by atoms with van der Waals surface area (Å²) in [5, 5.41) is 3.69. The number of fused-ring (bicyclic) bond motifs is 1. The molecule has 4 unspecified atom stereocenters. The van der Waals surface area contributed by atoms with Crippen LogP contribution in [0.15, 0.2) is 4.99 Å². The molecule has 2 fully saturated rings. The van der Waals surface area contributed by atoms with Gasteiger partial charge in [0.15, 0.2) is 5.17 Å². The van der Waals surface area contributed by atoms with Crippen LogP contribution in [0, 0.1) is 11.8 Å². The molecule has 3 rings (SSSR count). The molecule has 1 saturated heterocycles. The van der Waals surface area contributed by atoms with Crippen LogP contribution in [0.3, 0.4) is 0 Å². The normalized spacial score (nSPS) is 35.1. The number of hydrogen-bond donors (Lipinski definition) is 1. The molecule has 1 saturated carbocycles. The van der Waals surface area contributed by atoms with Gasteiger partial charge in [0.2, 0.25) is 11.8 Å². The lowest BCUT2D eigenvalue weighted by Crippen LogP contribution is -2.44. The molecular weight excluding hydrogens is 298 g/mol. The number of nitrogens with zero attached hydrogens (tertiary/aromatic N) is 2. The summed E-state index contributed by atoms with van der Waals surface area (Å²) in [6, 6.07) is 0.269. The van der Waals surface area contributed by atoms with Gasteiger partial charge in [-0.25, -0.2) is 0 Å². The van der Waals surface area contributed by atoms with Crippen molar-refractivity contribution in [2.75, 3.05) is 13.1 Å². The summed E-state index contributed by atoms with van der Waals surface area (Å²) >= 11 is 1.46. The number of amides is 2. The molecule has 1 aliphatic carbocycles. The van der Waals surface area contributed by atoms with E-state index in [0.717, 1.165) is 37.0 Å². The van der Waals surface area contributed by atoms with Gasteiger partial charge in [0.25, 0.3) is 0 Å². The van der Waals surface area contributed by atoms with Crippen LogP contribution in [0.4, 0.5) is 0 Å². The largest absolute Gasteiger partial charge is 0.353 e. The highest BCUT2D eigenvalue weighted by molar-refractivity contribution is 8.15. The summed E-state index contributed by atoms with van der Waals surface area (Å²) in [7, 11) is 0. The third-order valence-corrected chi connectivity index (χ3v) is 6.17. The zero-order chi connectivity index (χ0) is 15.7. The maximum atomic E-state index is 12.3. The second-order valence-corrected chi connectivity index (χ2v) is 8.06. The molecule has 5 nitrogen and oxygen atoms in total. The van der Waals surface area contributed by atoms with Crippen molar-refractivity contribution >= 4 is 28.7 Å². The van der Waals surface area contributed by atoms with Crippen molar-refractivity contribution in [3.8, 4) is 0 Å². The van der Waals surface area contributed by atoms with Gasteiger partial charge >= 0.3 is 0 Å². The molecule has 2 amide bonds. The highest BCUT2D eigenvalue weighted by Gasteiger charge is 2.40. The van der Waals surface area contributed by atoms with Crippen molar-refractivity contribution in [1.29, 1.82) is 0 Å². The van der Waals surface area contributed by atoms with Gasteiger partial charge < -0.3 is 5.32 Å². The smallest absolute Gasteiger partial charge is 0.242 e. The van der Waals surface area contributed by atoms with E-state index in [2.05, 4.69) is 24.2 Å². The lowest BCUT2D eigenvalue weighted by atomic mass is 9.80. The van der Waals surface area contributed by atoms with E-state index in [1.54, 1.807) is 4.90 Å². The fourth-order valence-electron chi connectivity index (χ4n) is 3.68. The SMILES string of the molecule is CC1CCC(NC(=O)CC2SC3=NCCCN3C2=O)C(C)C1. The van der Waals surface area contributed by atoms with Gasteiger partial charge in [0.1, 0.15) is 5.25 Å². The molecule has 0 spiro atoms. The Labute approximate surface area is 136 Å².